The molecule has 0 bridgehead atoms. The van der Waals surface area contributed by atoms with Crippen LogP contribution in [0.1, 0.15) is 10.6 Å². The van der Waals surface area contributed by atoms with Crippen molar-refractivity contribution in [3.05, 3.63) is 34.8 Å². The van der Waals surface area contributed by atoms with Crippen molar-refractivity contribution in [1.29, 1.82) is 5.26 Å². The van der Waals surface area contributed by atoms with Crippen molar-refractivity contribution in [2.75, 3.05) is 11.9 Å². The average molecular weight is 230 g/mol. The number of aryl methyl sites for hydroxylation is 1. The topological polar surface area (TPSA) is 52.8 Å². The van der Waals surface area contributed by atoms with Crippen LogP contribution in [0.5, 0.6) is 0 Å². The lowest BCUT2D eigenvalue weighted by molar-refractivity contribution is 1.02. The first kappa shape index (κ1) is 10.6. The summed E-state index contributed by atoms with van der Waals surface area (Å²) in [7, 11) is 1.89. The number of benzene rings is 1. The third-order valence-corrected chi connectivity index (χ3v) is 3.10. The highest BCUT2D eigenvalue weighted by molar-refractivity contribution is 7.15. The van der Waals surface area contributed by atoms with Crippen LogP contribution >= 0.6 is 11.3 Å². The van der Waals surface area contributed by atoms with Crippen LogP contribution in [0.4, 0.5) is 10.8 Å². The second kappa shape index (κ2) is 4.29. The predicted molar refractivity (Wildman–Crippen MR) is 63.9 cm³/mol. The number of hydrogen-bond acceptors (Lipinski definition) is 5. The zero-order chi connectivity index (χ0) is 11.5. The van der Waals surface area contributed by atoms with Gasteiger partial charge in [0.05, 0.1) is 11.3 Å². The van der Waals surface area contributed by atoms with Gasteiger partial charge in [-0.2, -0.15) is 5.26 Å². The van der Waals surface area contributed by atoms with Crippen LogP contribution in [-0.2, 0) is 0 Å². The Morgan fingerprint density at radius 3 is 2.69 bits per heavy atom. The zero-order valence-corrected chi connectivity index (χ0v) is 9.82. The molecule has 4 nitrogen and oxygen atoms in total. The van der Waals surface area contributed by atoms with Gasteiger partial charge in [0.2, 0.25) is 5.13 Å². The van der Waals surface area contributed by atoms with Crippen LogP contribution in [0.15, 0.2) is 24.3 Å². The number of para-hydroxylation sites is 1. The number of hydrogen-bond donors (Lipinski definition) is 0. The first-order chi connectivity index (χ1) is 7.72. The minimum Gasteiger partial charge on any atom is -0.318 e. The Morgan fingerprint density at radius 1 is 1.31 bits per heavy atom. The van der Waals surface area contributed by atoms with Gasteiger partial charge >= 0.3 is 0 Å². The maximum Gasteiger partial charge on any atom is 0.212 e. The highest BCUT2D eigenvalue weighted by Crippen LogP contribution is 2.28. The van der Waals surface area contributed by atoms with Crippen molar-refractivity contribution in [2.45, 2.75) is 6.92 Å². The first-order valence-corrected chi connectivity index (χ1v) is 5.57. The molecule has 0 unspecified atom stereocenters. The molecule has 2 rings (SSSR count). The lowest BCUT2D eigenvalue weighted by Gasteiger charge is -2.16. The van der Waals surface area contributed by atoms with Crippen molar-refractivity contribution >= 4 is 22.2 Å². The van der Waals surface area contributed by atoms with Crippen LogP contribution < -0.4 is 4.90 Å². The Morgan fingerprint density at radius 2 is 2.06 bits per heavy atom. The van der Waals surface area contributed by atoms with Gasteiger partial charge in [-0.1, -0.05) is 23.5 Å². The summed E-state index contributed by atoms with van der Waals surface area (Å²) in [6.07, 6.45) is 0. The summed E-state index contributed by atoms with van der Waals surface area (Å²) < 4.78 is 0. The monoisotopic (exact) mass is 230 g/mol. The van der Waals surface area contributed by atoms with E-state index in [9.17, 15) is 0 Å². The van der Waals surface area contributed by atoms with Gasteiger partial charge in [0.25, 0.3) is 0 Å². The molecule has 1 aromatic heterocycles. The second-order valence-electron chi connectivity index (χ2n) is 3.29. The van der Waals surface area contributed by atoms with Gasteiger partial charge in [-0.3, -0.25) is 0 Å². The van der Waals surface area contributed by atoms with E-state index in [4.69, 9.17) is 5.26 Å². The SMILES string of the molecule is Cc1nnc(N(C)c2ccccc2C#N)s1. The number of rotatable bonds is 2. The van der Waals surface area contributed by atoms with Crippen LogP contribution in [0, 0.1) is 18.3 Å². The first-order valence-electron chi connectivity index (χ1n) is 4.75. The molecule has 0 spiro atoms. The molecule has 0 fully saturated rings. The van der Waals surface area contributed by atoms with Gasteiger partial charge in [-0.15, -0.1) is 10.2 Å². The molecule has 0 radical (unpaired) electrons. The summed E-state index contributed by atoms with van der Waals surface area (Å²) in [5.74, 6) is 0. The van der Waals surface area contributed by atoms with Crippen molar-refractivity contribution in [1.82, 2.24) is 10.2 Å². The second-order valence-corrected chi connectivity index (χ2v) is 4.45. The molecule has 0 aliphatic rings. The Bertz CT molecular complexity index is 541. The van der Waals surface area contributed by atoms with E-state index in [1.54, 1.807) is 6.07 Å². The molecular weight excluding hydrogens is 220 g/mol. The van der Waals surface area contributed by atoms with Crippen molar-refractivity contribution in [2.24, 2.45) is 0 Å². The van der Waals surface area contributed by atoms with Crippen LogP contribution in [0.3, 0.4) is 0 Å². The highest BCUT2D eigenvalue weighted by Gasteiger charge is 2.11. The molecule has 0 atom stereocenters. The average Bonchev–Trinajstić information content (AvgIpc) is 2.75. The smallest absolute Gasteiger partial charge is 0.212 e. The van der Waals surface area contributed by atoms with Gasteiger partial charge in [-0.05, 0) is 19.1 Å². The number of nitriles is 1. The summed E-state index contributed by atoms with van der Waals surface area (Å²) in [6.45, 7) is 1.91. The molecule has 0 amide bonds. The van der Waals surface area contributed by atoms with Gasteiger partial charge in [0.1, 0.15) is 11.1 Å². The van der Waals surface area contributed by atoms with Crippen molar-refractivity contribution < 1.29 is 0 Å². The quantitative estimate of drug-likeness (QED) is 0.795. The zero-order valence-electron chi connectivity index (χ0n) is 9.01. The van der Waals surface area contributed by atoms with E-state index in [1.807, 2.05) is 37.1 Å². The Labute approximate surface area is 97.8 Å². The molecule has 0 saturated carbocycles. The summed E-state index contributed by atoms with van der Waals surface area (Å²) in [5.41, 5.74) is 1.49. The van der Waals surface area contributed by atoms with Gasteiger partial charge in [-0.25, -0.2) is 0 Å². The fourth-order valence-electron chi connectivity index (χ4n) is 1.39. The summed E-state index contributed by atoms with van der Waals surface area (Å²) >= 11 is 1.50. The number of aromatic nitrogens is 2. The fourth-order valence-corrected chi connectivity index (χ4v) is 2.05. The lowest BCUT2D eigenvalue weighted by atomic mass is 10.2. The van der Waals surface area contributed by atoms with Gasteiger partial charge in [0.15, 0.2) is 0 Å². The van der Waals surface area contributed by atoms with E-state index >= 15 is 0 Å². The third-order valence-electron chi connectivity index (χ3n) is 2.19. The molecule has 0 aliphatic carbocycles. The Balaban J connectivity index is 2.41. The van der Waals surface area contributed by atoms with E-state index in [0.29, 0.717) is 5.56 Å². The Hall–Kier alpha value is -1.93. The summed E-state index contributed by atoms with van der Waals surface area (Å²) in [6, 6.07) is 9.61. The van der Waals surface area contributed by atoms with Crippen molar-refractivity contribution in [3.63, 3.8) is 0 Å². The van der Waals surface area contributed by atoms with Gasteiger partial charge in [0, 0.05) is 7.05 Å². The minimum absolute atomic E-state index is 0.637. The standard InChI is InChI=1S/C11H10N4S/c1-8-13-14-11(16-8)15(2)10-6-4-3-5-9(10)7-12/h3-6H,1-2H3. The number of nitrogens with zero attached hydrogens (tertiary/aromatic N) is 4. The van der Waals surface area contributed by atoms with E-state index in [-0.39, 0.29) is 0 Å². The van der Waals surface area contributed by atoms with E-state index < -0.39 is 0 Å². The lowest BCUT2D eigenvalue weighted by Crippen LogP contribution is -2.10. The van der Waals surface area contributed by atoms with E-state index in [1.165, 1.54) is 11.3 Å². The van der Waals surface area contributed by atoms with Gasteiger partial charge < -0.3 is 4.90 Å². The van der Waals surface area contributed by atoms with E-state index in [2.05, 4.69) is 16.3 Å². The highest BCUT2D eigenvalue weighted by atomic mass is 32.1. The molecule has 80 valence electrons. The molecule has 0 aliphatic heterocycles. The van der Waals surface area contributed by atoms with E-state index in [0.717, 1.165) is 15.8 Å². The van der Waals surface area contributed by atoms with Crippen LogP contribution in [0.2, 0.25) is 0 Å². The largest absolute Gasteiger partial charge is 0.318 e. The van der Waals surface area contributed by atoms with Crippen LogP contribution in [-0.4, -0.2) is 17.2 Å². The third kappa shape index (κ3) is 1.88. The molecule has 1 aromatic carbocycles. The maximum atomic E-state index is 9.01. The Kier molecular flexibility index (Phi) is 2.84. The minimum atomic E-state index is 0.637. The fraction of sp³-hybridized carbons (Fsp3) is 0.182. The van der Waals surface area contributed by atoms with Crippen LogP contribution in [0.25, 0.3) is 0 Å². The van der Waals surface area contributed by atoms with Crippen molar-refractivity contribution in [3.8, 4) is 6.07 Å². The summed E-state index contributed by atoms with van der Waals surface area (Å²) in [4.78, 5) is 1.88. The molecule has 1 heterocycles. The number of anilines is 2. The molecule has 0 saturated heterocycles. The maximum absolute atomic E-state index is 9.01. The molecular formula is C11H10N4S. The molecule has 5 heteroatoms. The predicted octanol–water partition coefficient (Wildman–Crippen LogP) is 2.49. The normalized spacial score (nSPS) is 9.81. The molecule has 2 aromatic rings. The molecule has 0 N–H and O–H groups in total. The summed E-state index contributed by atoms with van der Waals surface area (Å²) in [5, 5.41) is 18.7. The molecule has 16 heavy (non-hydrogen) atoms.